The molecule has 0 bridgehead atoms. The minimum atomic E-state index is -1.65. The SMILES string of the molecule is CCOC(=O)C(O)C(=O)CCc1ccccc1. The Kier molecular flexibility index (Phi) is 5.36. The summed E-state index contributed by atoms with van der Waals surface area (Å²) in [5, 5.41) is 9.37. The van der Waals surface area contributed by atoms with Gasteiger partial charge in [-0.1, -0.05) is 30.3 Å². The van der Waals surface area contributed by atoms with Gasteiger partial charge < -0.3 is 9.84 Å². The highest BCUT2D eigenvalue weighted by Gasteiger charge is 2.24. The molecule has 1 aromatic carbocycles. The number of Topliss-reactive ketones (excluding diaryl/α,β-unsaturated/α-hetero) is 1. The molecule has 17 heavy (non-hydrogen) atoms. The average molecular weight is 236 g/mol. The maximum absolute atomic E-state index is 11.5. The van der Waals surface area contributed by atoms with Crippen molar-refractivity contribution in [1.82, 2.24) is 0 Å². The second-order valence-corrected chi connectivity index (χ2v) is 3.61. The van der Waals surface area contributed by atoms with E-state index in [0.717, 1.165) is 5.56 Å². The lowest BCUT2D eigenvalue weighted by atomic mass is 10.1. The van der Waals surface area contributed by atoms with Gasteiger partial charge >= 0.3 is 5.97 Å². The van der Waals surface area contributed by atoms with E-state index in [4.69, 9.17) is 0 Å². The maximum atomic E-state index is 11.5. The molecule has 0 radical (unpaired) electrons. The highest BCUT2D eigenvalue weighted by atomic mass is 16.5. The number of rotatable bonds is 6. The van der Waals surface area contributed by atoms with Crippen molar-refractivity contribution in [3.63, 3.8) is 0 Å². The zero-order valence-corrected chi connectivity index (χ0v) is 9.76. The number of aliphatic hydroxyl groups is 1. The van der Waals surface area contributed by atoms with Crippen LogP contribution >= 0.6 is 0 Å². The molecule has 1 atom stereocenters. The van der Waals surface area contributed by atoms with Crippen LogP contribution < -0.4 is 0 Å². The Morgan fingerprint density at radius 3 is 2.53 bits per heavy atom. The predicted molar refractivity (Wildman–Crippen MR) is 62.4 cm³/mol. The number of esters is 1. The van der Waals surface area contributed by atoms with Gasteiger partial charge in [0.2, 0.25) is 6.10 Å². The van der Waals surface area contributed by atoms with Gasteiger partial charge in [0.05, 0.1) is 6.61 Å². The highest BCUT2D eigenvalue weighted by molar-refractivity contribution is 6.01. The summed E-state index contributed by atoms with van der Waals surface area (Å²) in [6, 6.07) is 9.43. The van der Waals surface area contributed by atoms with Gasteiger partial charge in [0.15, 0.2) is 5.78 Å². The molecule has 1 unspecified atom stereocenters. The topological polar surface area (TPSA) is 63.6 Å². The van der Waals surface area contributed by atoms with Crippen LogP contribution in [-0.2, 0) is 20.7 Å². The summed E-state index contributed by atoms with van der Waals surface area (Å²) in [5.41, 5.74) is 0.997. The molecule has 4 heteroatoms. The lowest BCUT2D eigenvalue weighted by Gasteiger charge is -2.08. The second kappa shape index (κ2) is 6.81. The molecule has 0 spiro atoms. The smallest absolute Gasteiger partial charge is 0.342 e. The van der Waals surface area contributed by atoms with Crippen molar-refractivity contribution in [3.05, 3.63) is 35.9 Å². The van der Waals surface area contributed by atoms with Gasteiger partial charge in [-0.3, -0.25) is 4.79 Å². The van der Waals surface area contributed by atoms with E-state index in [0.29, 0.717) is 6.42 Å². The van der Waals surface area contributed by atoms with Crippen molar-refractivity contribution in [2.45, 2.75) is 25.9 Å². The number of ketones is 1. The van der Waals surface area contributed by atoms with Gasteiger partial charge in [-0.25, -0.2) is 4.79 Å². The Bertz CT molecular complexity index is 372. The fourth-order valence-corrected chi connectivity index (χ4v) is 1.40. The van der Waals surface area contributed by atoms with E-state index >= 15 is 0 Å². The first-order valence-corrected chi connectivity index (χ1v) is 5.56. The van der Waals surface area contributed by atoms with Gasteiger partial charge in [-0.15, -0.1) is 0 Å². The molecule has 1 rings (SSSR count). The number of hydrogen-bond acceptors (Lipinski definition) is 4. The molecule has 1 aromatic rings. The average Bonchev–Trinajstić information content (AvgIpc) is 2.36. The van der Waals surface area contributed by atoms with E-state index in [1.165, 1.54) is 0 Å². The van der Waals surface area contributed by atoms with E-state index in [9.17, 15) is 14.7 Å². The molecule has 0 aliphatic heterocycles. The lowest BCUT2D eigenvalue weighted by Crippen LogP contribution is -2.31. The number of aryl methyl sites for hydroxylation is 1. The number of hydrogen-bond donors (Lipinski definition) is 1. The molecule has 0 amide bonds. The fourth-order valence-electron chi connectivity index (χ4n) is 1.40. The molecular weight excluding hydrogens is 220 g/mol. The van der Waals surface area contributed by atoms with Crippen LogP contribution in [0.1, 0.15) is 18.9 Å². The monoisotopic (exact) mass is 236 g/mol. The Balaban J connectivity index is 2.42. The molecule has 0 aliphatic carbocycles. The van der Waals surface area contributed by atoms with E-state index < -0.39 is 17.9 Å². The molecular formula is C13H16O4. The Morgan fingerprint density at radius 1 is 1.29 bits per heavy atom. The first-order valence-electron chi connectivity index (χ1n) is 5.56. The first kappa shape index (κ1) is 13.4. The van der Waals surface area contributed by atoms with Gasteiger partial charge in [0.1, 0.15) is 0 Å². The van der Waals surface area contributed by atoms with Gasteiger partial charge in [-0.05, 0) is 18.9 Å². The fraction of sp³-hybridized carbons (Fsp3) is 0.385. The van der Waals surface area contributed by atoms with Crippen molar-refractivity contribution >= 4 is 11.8 Å². The van der Waals surface area contributed by atoms with Crippen LogP contribution in [0.25, 0.3) is 0 Å². The van der Waals surface area contributed by atoms with Crippen molar-refractivity contribution in [2.75, 3.05) is 6.61 Å². The van der Waals surface area contributed by atoms with E-state index in [1.54, 1.807) is 6.92 Å². The van der Waals surface area contributed by atoms with Crippen molar-refractivity contribution < 1.29 is 19.4 Å². The van der Waals surface area contributed by atoms with Crippen LogP contribution in [0.15, 0.2) is 30.3 Å². The minimum Gasteiger partial charge on any atom is -0.464 e. The van der Waals surface area contributed by atoms with Crippen LogP contribution in [0.3, 0.4) is 0 Å². The number of benzene rings is 1. The maximum Gasteiger partial charge on any atom is 0.342 e. The summed E-state index contributed by atoms with van der Waals surface area (Å²) in [4.78, 5) is 22.6. The quantitative estimate of drug-likeness (QED) is 0.593. The van der Waals surface area contributed by atoms with Crippen LogP contribution in [0.4, 0.5) is 0 Å². The van der Waals surface area contributed by atoms with Crippen molar-refractivity contribution in [1.29, 1.82) is 0 Å². The number of carbonyl (C=O) groups excluding carboxylic acids is 2. The van der Waals surface area contributed by atoms with E-state index in [1.807, 2.05) is 30.3 Å². The third-order valence-electron chi connectivity index (χ3n) is 2.32. The van der Waals surface area contributed by atoms with Crippen LogP contribution in [0.5, 0.6) is 0 Å². The molecule has 0 saturated carbocycles. The molecule has 0 fully saturated rings. The molecule has 0 saturated heterocycles. The Hall–Kier alpha value is -1.68. The highest BCUT2D eigenvalue weighted by Crippen LogP contribution is 2.05. The third-order valence-corrected chi connectivity index (χ3v) is 2.32. The summed E-state index contributed by atoms with van der Waals surface area (Å²) in [5.74, 6) is -1.38. The van der Waals surface area contributed by atoms with Crippen LogP contribution in [-0.4, -0.2) is 29.6 Å². The zero-order chi connectivity index (χ0) is 12.7. The lowest BCUT2D eigenvalue weighted by molar-refractivity contribution is -0.157. The summed E-state index contributed by atoms with van der Waals surface area (Å²) in [7, 11) is 0. The Morgan fingerprint density at radius 2 is 1.94 bits per heavy atom. The predicted octanol–water partition coefficient (Wildman–Crippen LogP) is 1.11. The second-order valence-electron chi connectivity index (χ2n) is 3.61. The van der Waals surface area contributed by atoms with Gasteiger partial charge in [-0.2, -0.15) is 0 Å². The standard InChI is InChI=1S/C13H16O4/c1-2-17-13(16)12(15)11(14)9-8-10-6-4-3-5-7-10/h3-7,12,15H,2,8-9H2,1H3. The van der Waals surface area contributed by atoms with Crippen LogP contribution in [0, 0.1) is 0 Å². The number of ether oxygens (including phenoxy) is 1. The molecule has 0 aromatic heterocycles. The summed E-state index contributed by atoms with van der Waals surface area (Å²) in [6.07, 6.45) is -1.01. The van der Waals surface area contributed by atoms with E-state index in [-0.39, 0.29) is 13.0 Å². The van der Waals surface area contributed by atoms with Crippen molar-refractivity contribution in [2.24, 2.45) is 0 Å². The molecule has 4 nitrogen and oxygen atoms in total. The summed E-state index contributed by atoms with van der Waals surface area (Å²) < 4.78 is 4.57. The third kappa shape index (κ3) is 4.36. The zero-order valence-electron chi connectivity index (χ0n) is 9.76. The number of carbonyl (C=O) groups is 2. The first-order chi connectivity index (χ1) is 8.15. The molecule has 1 N–H and O–H groups in total. The molecule has 0 heterocycles. The summed E-state index contributed by atoms with van der Waals surface area (Å²) >= 11 is 0. The van der Waals surface area contributed by atoms with Gasteiger partial charge in [0, 0.05) is 6.42 Å². The molecule has 92 valence electrons. The molecule has 0 aliphatic rings. The van der Waals surface area contributed by atoms with E-state index in [2.05, 4.69) is 4.74 Å². The number of aliphatic hydroxyl groups excluding tert-OH is 1. The summed E-state index contributed by atoms with van der Waals surface area (Å²) in [6.45, 7) is 1.78. The largest absolute Gasteiger partial charge is 0.464 e. The van der Waals surface area contributed by atoms with Crippen LogP contribution in [0.2, 0.25) is 0 Å². The van der Waals surface area contributed by atoms with Gasteiger partial charge in [0.25, 0.3) is 0 Å². The van der Waals surface area contributed by atoms with Crippen molar-refractivity contribution in [3.8, 4) is 0 Å². The minimum absolute atomic E-state index is 0.129. The normalized spacial score (nSPS) is 11.9. The Labute approximate surface area is 100 Å².